The van der Waals surface area contributed by atoms with Crippen molar-refractivity contribution in [3.05, 3.63) is 110 Å². The van der Waals surface area contributed by atoms with Crippen LogP contribution in [0.5, 0.6) is 5.75 Å². The van der Waals surface area contributed by atoms with E-state index in [0.29, 0.717) is 11.1 Å². The summed E-state index contributed by atoms with van der Waals surface area (Å²) in [7, 11) is 1.31. The Morgan fingerprint density at radius 1 is 1.07 bits per heavy atom. The molecule has 236 valence electrons. The Balaban J connectivity index is 1.85. The van der Waals surface area contributed by atoms with Crippen molar-refractivity contribution in [2.24, 2.45) is 4.99 Å². The fourth-order valence-corrected chi connectivity index (χ4v) is 5.43. The minimum atomic E-state index is -2.99. The number of aromatic nitrogens is 1. The van der Waals surface area contributed by atoms with E-state index in [1.807, 2.05) is 0 Å². The molecule has 0 aliphatic carbocycles. The highest BCUT2D eigenvalue weighted by molar-refractivity contribution is 6.44. The van der Waals surface area contributed by atoms with Gasteiger partial charge in [0.15, 0.2) is 0 Å². The second-order valence-corrected chi connectivity index (χ2v) is 11.7. The number of anilines is 1. The Labute approximate surface area is 273 Å². The zero-order valence-electron chi connectivity index (χ0n) is 24.3. The van der Waals surface area contributed by atoms with Crippen molar-refractivity contribution >= 4 is 52.6 Å². The first-order valence-electron chi connectivity index (χ1n) is 13.4. The molecule has 8 nitrogen and oxygen atoms in total. The van der Waals surface area contributed by atoms with E-state index in [4.69, 9.17) is 50.3 Å². The van der Waals surface area contributed by atoms with Gasteiger partial charge >= 0.3 is 6.55 Å². The number of hydrogen-bond donors (Lipinski definition) is 4. The van der Waals surface area contributed by atoms with Crippen LogP contribution in [0, 0.1) is 0 Å². The van der Waals surface area contributed by atoms with Gasteiger partial charge in [0, 0.05) is 28.5 Å². The molecule has 0 unspecified atom stereocenters. The Morgan fingerprint density at radius 3 is 2.38 bits per heavy atom. The predicted octanol–water partition coefficient (Wildman–Crippen LogP) is 6.83. The fraction of sp³-hybridized carbons (Fsp3) is 0.219. The van der Waals surface area contributed by atoms with E-state index < -0.39 is 30.2 Å². The number of pyridine rings is 1. The molecular formula is C32H29Cl3F2N4O4. The van der Waals surface area contributed by atoms with Gasteiger partial charge in [-0.15, -0.1) is 0 Å². The molecule has 1 amide bonds. The summed E-state index contributed by atoms with van der Waals surface area (Å²) in [6.07, 6.45) is 0.845. The molecule has 13 heteroatoms. The molecule has 5 N–H and O–H groups in total. The van der Waals surface area contributed by atoms with Gasteiger partial charge in [-0.2, -0.15) is 8.78 Å². The summed E-state index contributed by atoms with van der Waals surface area (Å²) in [5, 5.41) is 26.6. The highest BCUT2D eigenvalue weighted by atomic mass is 35.5. The minimum absolute atomic E-state index is 0.000165. The molecule has 0 bridgehead atoms. The van der Waals surface area contributed by atoms with Crippen molar-refractivity contribution in [2.75, 3.05) is 19.4 Å². The van der Waals surface area contributed by atoms with Crippen LogP contribution in [-0.2, 0) is 11.2 Å². The van der Waals surface area contributed by atoms with Gasteiger partial charge in [-0.1, -0.05) is 77.3 Å². The van der Waals surface area contributed by atoms with E-state index in [1.165, 1.54) is 39.2 Å². The third-order valence-electron chi connectivity index (χ3n) is 6.99. The number of rotatable bonds is 10. The van der Waals surface area contributed by atoms with Crippen LogP contribution in [0.3, 0.4) is 0 Å². The second-order valence-electron chi connectivity index (χ2n) is 10.5. The molecule has 0 saturated heterocycles. The number of carbonyl (C=O) groups is 1. The van der Waals surface area contributed by atoms with E-state index in [0.717, 1.165) is 6.21 Å². The molecule has 4 rings (SSSR count). The average Bonchev–Trinajstić information content (AvgIpc) is 3.00. The van der Waals surface area contributed by atoms with E-state index in [2.05, 4.69) is 10.3 Å². The normalized spacial score (nSPS) is 13.2. The highest BCUT2D eigenvalue weighted by Crippen LogP contribution is 2.42. The molecular weight excluding hydrogens is 649 g/mol. The maximum Gasteiger partial charge on any atom is 0.331 e. The largest absolute Gasteiger partial charge is 0.495 e. The average molecular weight is 678 g/mol. The van der Waals surface area contributed by atoms with Gasteiger partial charge < -0.3 is 26.0 Å². The molecule has 45 heavy (non-hydrogen) atoms. The summed E-state index contributed by atoms with van der Waals surface area (Å²) >= 11 is 19.6. The highest BCUT2D eigenvalue weighted by Gasteiger charge is 2.37. The standard InChI is InChI=1S/C32H29Cl3F2N4O4/c1-31(2,43)21-14-24(41-28(26(21)35)20-10-7-11-22(33)25(20)34)32(44,19-8-5-4-6-9-19)16-40-29(42)17-12-18(15-39-30(36)37)27(38)23(13-17)45-3/h4-15,30,43-44H,16,38H2,1-3H3,(H,40,42)/t32-/m1/s1. The molecule has 0 fully saturated rings. The van der Waals surface area contributed by atoms with Crippen LogP contribution in [0.2, 0.25) is 15.1 Å². The zero-order valence-corrected chi connectivity index (χ0v) is 26.6. The molecule has 1 atom stereocenters. The number of aliphatic hydroxyl groups is 2. The number of methoxy groups -OCH3 is 1. The maximum absolute atomic E-state index is 13.4. The van der Waals surface area contributed by atoms with Crippen LogP contribution in [0.4, 0.5) is 14.5 Å². The number of halogens is 5. The number of aliphatic imine (C=N–C) groups is 1. The van der Waals surface area contributed by atoms with Gasteiger partial charge in [0.2, 0.25) is 0 Å². The van der Waals surface area contributed by atoms with Crippen molar-refractivity contribution < 1.29 is 28.5 Å². The molecule has 0 radical (unpaired) electrons. The summed E-state index contributed by atoms with van der Waals surface area (Å²) < 4.78 is 30.7. The van der Waals surface area contributed by atoms with Crippen molar-refractivity contribution in [3.63, 3.8) is 0 Å². The van der Waals surface area contributed by atoms with Crippen molar-refractivity contribution in [1.29, 1.82) is 0 Å². The van der Waals surface area contributed by atoms with E-state index in [1.54, 1.807) is 48.5 Å². The summed E-state index contributed by atoms with van der Waals surface area (Å²) in [6.45, 7) is -0.366. The van der Waals surface area contributed by atoms with Crippen molar-refractivity contribution in [3.8, 4) is 17.0 Å². The third-order valence-corrected chi connectivity index (χ3v) is 8.19. The van der Waals surface area contributed by atoms with Gasteiger partial charge in [0.25, 0.3) is 5.91 Å². The van der Waals surface area contributed by atoms with Gasteiger partial charge in [0.05, 0.1) is 51.4 Å². The van der Waals surface area contributed by atoms with Crippen LogP contribution in [0.15, 0.2) is 71.7 Å². The van der Waals surface area contributed by atoms with Gasteiger partial charge in [-0.25, -0.2) is 9.98 Å². The SMILES string of the molecule is COc1cc(C(=O)NC[C@@](O)(c2ccccc2)c2cc(C(C)(C)O)c(Cl)c(-c3cccc(Cl)c3Cl)n2)cc(C=NC(F)F)c1N. The third kappa shape index (κ3) is 7.37. The lowest BCUT2D eigenvalue weighted by Gasteiger charge is -2.31. The number of hydrogen-bond acceptors (Lipinski definition) is 7. The van der Waals surface area contributed by atoms with E-state index in [-0.39, 0.29) is 54.6 Å². The maximum atomic E-state index is 13.4. The molecule has 4 aromatic rings. The predicted molar refractivity (Wildman–Crippen MR) is 173 cm³/mol. The summed E-state index contributed by atoms with van der Waals surface area (Å²) in [6, 6.07) is 17.4. The van der Waals surface area contributed by atoms with Gasteiger partial charge in [-0.3, -0.25) is 4.79 Å². The number of alkyl halides is 2. The number of carbonyl (C=O) groups excluding carboxylic acids is 1. The first-order chi connectivity index (χ1) is 21.2. The minimum Gasteiger partial charge on any atom is -0.495 e. The van der Waals surface area contributed by atoms with Gasteiger partial charge in [0.1, 0.15) is 11.4 Å². The quantitative estimate of drug-likeness (QED) is 0.0827. The smallest absolute Gasteiger partial charge is 0.331 e. The van der Waals surface area contributed by atoms with Crippen molar-refractivity contribution in [2.45, 2.75) is 31.6 Å². The Morgan fingerprint density at radius 2 is 1.76 bits per heavy atom. The lowest BCUT2D eigenvalue weighted by molar-refractivity contribution is 0.0639. The molecule has 1 heterocycles. The number of nitrogens with two attached hydrogens (primary N) is 1. The number of benzene rings is 3. The second kappa shape index (κ2) is 13.7. The van der Waals surface area contributed by atoms with E-state index >= 15 is 0 Å². The summed E-state index contributed by atoms with van der Waals surface area (Å²) in [4.78, 5) is 21.2. The molecule has 0 saturated carbocycles. The number of ether oxygens (including phenoxy) is 1. The lowest BCUT2D eigenvalue weighted by Crippen LogP contribution is -2.42. The van der Waals surface area contributed by atoms with Crippen LogP contribution < -0.4 is 15.8 Å². The van der Waals surface area contributed by atoms with E-state index in [9.17, 15) is 23.8 Å². The molecule has 0 aliphatic heterocycles. The fourth-order valence-electron chi connectivity index (χ4n) is 4.61. The summed E-state index contributed by atoms with van der Waals surface area (Å²) in [5.41, 5.74) is 3.67. The van der Waals surface area contributed by atoms with Crippen LogP contribution in [-0.4, -0.2) is 47.5 Å². The molecule has 3 aromatic carbocycles. The monoisotopic (exact) mass is 676 g/mol. The van der Waals surface area contributed by atoms with Gasteiger partial charge in [-0.05, 0) is 43.7 Å². The number of amides is 1. The first-order valence-corrected chi connectivity index (χ1v) is 14.5. The molecule has 0 aliphatic rings. The number of nitrogens with zero attached hydrogens (tertiary/aromatic N) is 2. The van der Waals surface area contributed by atoms with Crippen molar-refractivity contribution in [1.82, 2.24) is 10.3 Å². The summed E-state index contributed by atoms with van der Waals surface area (Å²) in [5.74, 6) is -0.627. The Bertz CT molecular complexity index is 1750. The van der Waals surface area contributed by atoms with Crippen LogP contribution >= 0.6 is 34.8 Å². The number of nitrogens with one attached hydrogen (secondary N) is 1. The topological polar surface area (TPSA) is 130 Å². The Kier molecular flexibility index (Phi) is 10.4. The molecule has 1 aromatic heterocycles. The molecule has 0 spiro atoms. The van der Waals surface area contributed by atoms with Crippen LogP contribution in [0.25, 0.3) is 11.3 Å². The lowest BCUT2D eigenvalue weighted by atomic mass is 9.86. The zero-order chi connectivity index (χ0) is 33.1. The number of nitrogen functional groups attached to an aromatic ring is 1. The Hall–Kier alpha value is -3.80. The first kappa shape index (κ1) is 34.1. The van der Waals surface area contributed by atoms with Crippen LogP contribution in [0.1, 0.15) is 46.6 Å².